The molecular weight excluding hydrogens is 344 g/mol. The van der Waals surface area contributed by atoms with E-state index in [9.17, 15) is 16.8 Å². The van der Waals surface area contributed by atoms with Crippen LogP contribution in [0.25, 0.3) is 0 Å². The summed E-state index contributed by atoms with van der Waals surface area (Å²) in [5, 5.41) is 4.40. The molecule has 18 heavy (non-hydrogen) atoms. The Morgan fingerprint density at radius 3 is 2.17 bits per heavy atom. The quantitative estimate of drug-likeness (QED) is 0.846. The van der Waals surface area contributed by atoms with E-state index in [1.165, 1.54) is 32.0 Å². The second kappa shape index (κ2) is 5.16. The van der Waals surface area contributed by atoms with Gasteiger partial charge < -0.3 is 0 Å². The van der Waals surface area contributed by atoms with E-state index in [1.807, 2.05) is 0 Å². The van der Waals surface area contributed by atoms with Crippen LogP contribution in [0.4, 0.5) is 5.69 Å². The molecule has 0 fully saturated rings. The number of rotatable bonds is 4. The molecule has 0 aromatic heterocycles. The maximum atomic E-state index is 11.6. The topological polar surface area (TPSA) is 106 Å². The maximum Gasteiger partial charge on any atom is 0.239 e. The molecule has 0 aliphatic rings. The molecule has 0 atom stereocenters. The van der Waals surface area contributed by atoms with Crippen molar-refractivity contribution in [2.24, 2.45) is 5.14 Å². The van der Waals surface area contributed by atoms with Crippen LogP contribution < -0.4 is 9.86 Å². The standard InChI is InChI=1S/C9H13BrN2O4S2/c1-6(2)18(15,16)12-7-3-4-9(8(10)5-7)17(11,13)14/h3-6,12H,1-2H3,(H2,11,13,14). The fourth-order valence-electron chi connectivity index (χ4n) is 1.08. The minimum Gasteiger partial charge on any atom is -0.283 e. The van der Waals surface area contributed by atoms with Crippen molar-refractivity contribution in [3.63, 3.8) is 0 Å². The summed E-state index contributed by atoms with van der Waals surface area (Å²) in [6, 6.07) is 3.92. The van der Waals surface area contributed by atoms with Gasteiger partial charge in [0.25, 0.3) is 0 Å². The largest absolute Gasteiger partial charge is 0.283 e. The van der Waals surface area contributed by atoms with Crippen LogP contribution in [0.15, 0.2) is 27.6 Å². The van der Waals surface area contributed by atoms with Gasteiger partial charge in [-0.2, -0.15) is 0 Å². The van der Waals surface area contributed by atoms with Crippen molar-refractivity contribution in [1.82, 2.24) is 0 Å². The Morgan fingerprint density at radius 1 is 1.22 bits per heavy atom. The molecule has 0 bridgehead atoms. The summed E-state index contributed by atoms with van der Waals surface area (Å²) in [7, 11) is -7.30. The lowest BCUT2D eigenvalue weighted by Gasteiger charge is -2.11. The molecule has 3 N–H and O–H groups in total. The Balaban J connectivity index is 3.15. The van der Waals surface area contributed by atoms with Gasteiger partial charge in [-0.25, -0.2) is 22.0 Å². The number of halogens is 1. The van der Waals surface area contributed by atoms with E-state index in [4.69, 9.17) is 5.14 Å². The average molecular weight is 357 g/mol. The third-order valence-corrected chi connectivity index (χ3v) is 5.77. The second-order valence-corrected chi connectivity index (χ2v) is 8.51. The first kappa shape index (κ1) is 15.4. The Bertz CT molecular complexity index is 653. The molecule has 6 nitrogen and oxygen atoms in total. The highest BCUT2D eigenvalue weighted by molar-refractivity contribution is 9.10. The molecule has 0 unspecified atom stereocenters. The zero-order valence-corrected chi connectivity index (χ0v) is 12.9. The first-order valence-corrected chi connectivity index (χ1v) is 8.76. The van der Waals surface area contributed by atoms with Crippen LogP contribution in [0.5, 0.6) is 0 Å². The fourth-order valence-corrected chi connectivity index (χ4v) is 3.41. The van der Waals surface area contributed by atoms with E-state index >= 15 is 0 Å². The second-order valence-electron chi connectivity index (χ2n) is 3.89. The van der Waals surface area contributed by atoms with E-state index in [0.29, 0.717) is 0 Å². The van der Waals surface area contributed by atoms with Crippen molar-refractivity contribution in [3.05, 3.63) is 22.7 Å². The van der Waals surface area contributed by atoms with Crippen molar-refractivity contribution in [2.45, 2.75) is 24.0 Å². The van der Waals surface area contributed by atoms with Crippen molar-refractivity contribution < 1.29 is 16.8 Å². The molecule has 0 saturated carbocycles. The molecule has 102 valence electrons. The lowest BCUT2D eigenvalue weighted by molar-refractivity contribution is 0.592. The summed E-state index contributed by atoms with van der Waals surface area (Å²) in [5.41, 5.74) is 0.267. The summed E-state index contributed by atoms with van der Waals surface area (Å²) < 4.78 is 48.1. The average Bonchev–Trinajstić information content (AvgIpc) is 2.14. The number of nitrogens with one attached hydrogen (secondary N) is 1. The fraction of sp³-hybridized carbons (Fsp3) is 0.333. The molecular formula is C9H13BrN2O4S2. The maximum absolute atomic E-state index is 11.6. The van der Waals surface area contributed by atoms with Crippen LogP contribution in [0, 0.1) is 0 Å². The van der Waals surface area contributed by atoms with Crippen LogP contribution in [-0.2, 0) is 20.0 Å². The van der Waals surface area contributed by atoms with Gasteiger partial charge in [0.15, 0.2) is 0 Å². The van der Waals surface area contributed by atoms with Crippen molar-refractivity contribution >= 4 is 41.7 Å². The summed E-state index contributed by atoms with van der Waals surface area (Å²) in [6.07, 6.45) is 0. The predicted octanol–water partition coefficient (Wildman–Crippen LogP) is 1.25. The normalized spacial score (nSPS) is 12.7. The highest BCUT2D eigenvalue weighted by atomic mass is 79.9. The third-order valence-electron chi connectivity index (χ3n) is 2.12. The van der Waals surface area contributed by atoms with Crippen molar-refractivity contribution in [3.8, 4) is 0 Å². The third kappa shape index (κ3) is 3.67. The van der Waals surface area contributed by atoms with Crippen LogP contribution in [0.2, 0.25) is 0 Å². The van der Waals surface area contributed by atoms with Gasteiger partial charge in [0.2, 0.25) is 20.0 Å². The van der Waals surface area contributed by atoms with Crippen LogP contribution in [0.3, 0.4) is 0 Å². The van der Waals surface area contributed by atoms with Gasteiger partial charge in [-0.05, 0) is 48.0 Å². The van der Waals surface area contributed by atoms with E-state index < -0.39 is 25.3 Å². The Kier molecular flexibility index (Phi) is 4.42. The zero-order chi connectivity index (χ0) is 14.1. The van der Waals surface area contributed by atoms with E-state index in [1.54, 1.807) is 0 Å². The highest BCUT2D eigenvalue weighted by Gasteiger charge is 2.17. The number of primary sulfonamides is 1. The minimum absolute atomic E-state index is 0.102. The Labute approximate surface area is 115 Å². The van der Waals surface area contributed by atoms with Gasteiger partial charge in [-0.15, -0.1) is 0 Å². The van der Waals surface area contributed by atoms with E-state index in [0.717, 1.165) is 0 Å². The molecule has 0 spiro atoms. The van der Waals surface area contributed by atoms with Gasteiger partial charge in [0, 0.05) is 10.2 Å². The predicted molar refractivity (Wildman–Crippen MR) is 73.2 cm³/mol. The van der Waals surface area contributed by atoms with Gasteiger partial charge in [-0.3, -0.25) is 4.72 Å². The highest BCUT2D eigenvalue weighted by Crippen LogP contribution is 2.25. The van der Waals surface area contributed by atoms with Gasteiger partial charge in [0.05, 0.1) is 10.1 Å². The number of hydrogen-bond donors (Lipinski definition) is 2. The van der Waals surface area contributed by atoms with Gasteiger partial charge >= 0.3 is 0 Å². The summed E-state index contributed by atoms with van der Waals surface area (Å²) in [4.78, 5) is -0.102. The number of benzene rings is 1. The van der Waals surface area contributed by atoms with Crippen molar-refractivity contribution in [2.75, 3.05) is 4.72 Å². The van der Waals surface area contributed by atoms with Crippen molar-refractivity contribution in [1.29, 1.82) is 0 Å². The molecule has 0 aliphatic heterocycles. The number of hydrogen-bond acceptors (Lipinski definition) is 4. The van der Waals surface area contributed by atoms with E-state index in [-0.39, 0.29) is 15.1 Å². The molecule has 0 saturated heterocycles. The summed E-state index contributed by atoms with van der Waals surface area (Å²) in [5.74, 6) is 0. The Hall–Kier alpha value is -0.640. The number of sulfonamides is 2. The molecule has 1 aromatic rings. The Morgan fingerprint density at radius 2 is 1.78 bits per heavy atom. The molecule has 0 radical (unpaired) electrons. The summed E-state index contributed by atoms with van der Waals surface area (Å²) in [6.45, 7) is 3.08. The molecule has 0 aliphatic carbocycles. The molecule has 1 aromatic carbocycles. The van der Waals surface area contributed by atoms with Gasteiger partial charge in [-0.1, -0.05) is 0 Å². The molecule has 0 heterocycles. The number of anilines is 1. The zero-order valence-electron chi connectivity index (χ0n) is 9.71. The van der Waals surface area contributed by atoms with Crippen LogP contribution in [-0.4, -0.2) is 22.1 Å². The van der Waals surface area contributed by atoms with Crippen LogP contribution >= 0.6 is 15.9 Å². The first-order chi connectivity index (χ1) is 8.04. The number of nitrogens with two attached hydrogens (primary N) is 1. The molecule has 9 heteroatoms. The van der Waals surface area contributed by atoms with E-state index in [2.05, 4.69) is 20.7 Å². The summed E-state index contributed by atoms with van der Waals surface area (Å²) >= 11 is 3.03. The first-order valence-electron chi connectivity index (χ1n) is 4.88. The SMILES string of the molecule is CC(C)S(=O)(=O)Nc1ccc(S(N)(=O)=O)c(Br)c1. The smallest absolute Gasteiger partial charge is 0.239 e. The van der Waals surface area contributed by atoms with Crippen LogP contribution in [0.1, 0.15) is 13.8 Å². The molecule has 0 amide bonds. The minimum atomic E-state index is -3.83. The lowest BCUT2D eigenvalue weighted by Crippen LogP contribution is -2.22. The molecule has 1 rings (SSSR count). The van der Waals surface area contributed by atoms with Gasteiger partial charge in [0.1, 0.15) is 0 Å². The lowest BCUT2D eigenvalue weighted by atomic mass is 10.3. The monoisotopic (exact) mass is 356 g/mol.